The van der Waals surface area contributed by atoms with Crippen LogP contribution >= 0.6 is 0 Å². The van der Waals surface area contributed by atoms with E-state index in [-0.39, 0.29) is 23.7 Å². The van der Waals surface area contributed by atoms with Gasteiger partial charge >= 0.3 is 0 Å². The maximum atomic E-state index is 12.4. The second-order valence-electron chi connectivity index (χ2n) is 5.48. The van der Waals surface area contributed by atoms with Crippen LogP contribution < -0.4 is 10.1 Å². The smallest absolute Gasteiger partial charge is 0.271 e. The SMILES string of the molecule is COc1ccc([N+](=O)[O-])cc1NC(=O)C(C)N1CCOC(C)C1. The van der Waals surface area contributed by atoms with E-state index in [4.69, 9.17) is 9.47 Å². The number of rotatable bonds is 5. The minimum absolute atomic E-state index is 0.0753. The molecule has 1 amide bonds. The Morgan fingerprint density at radius 1 is 1.57 bits per heavy atom. The zero-order valence-electron chi connectivity index (χ0n) is 13.4. The molecule has 1 N–H and O–H groups in total. The van der Waals surface area contributed by atoms with Crippen LogP contribution in [0.3, 0.4) is 0 Å². The Balaban J connectivity index is 2.12. The zero-order chi connectivity index (χ0) is 17.0. The first kappa shape index (κ1) is 17.2. The van der Waals surface area contributed by atoms with Crippen LogP contribution in [-0.2, 0) is 9.53 Å². The third-order valence-electron chi connectivity index (χ3n) is 3.85. The molecule has 1 aromatic rings. The van der Waals surface area contributed by atoms with E-state index in [0.29, 0.717) is 31.1 Å². The largest absolute Gasteiger partial charge is 0.495 e. The summed E-state index contributed by atoms with van der Waals surface area (Å²) in [5.74, 6) is 0.143. The molecular weight excluding hydrogens is 302 g/mol. The van der Waals surface area contributed by atoms with Gasteiger partial charge in [-0.1, -0.05) is 0 Å². The van der Waals surface area contributed by atoms with E-state index >= 15 is 0 Å². The van der Waals surface area contributed by atoms with Gasteiger partial charge in [0.1, 0.15) is 5.75 Å². The van der Waals surface area contributed by atoms with Gasteiger partial charge in [0.2, 0.25) is 5.91 Å². The van der Waals surface area contributed by atoms with Crippen molar-refractivity contribution in [2.24, 2.45) is 0 Å². The Labute approximate surface area is 134 Å². The number of benzene rings is 1. The third kappa shape index (κ3) is 4.17. The molecule has 2 atom stereocenters. The van der Waals surface area contributed by atoms with E-state index in [1.807, 2.05) is 11.8 Å². The second kappa shape index (κ2) is 7.38. The average Bonchev–Trinajstić information content (AvgIpc) is 2.53. The fraction of sp³-hybridized carbons (Fsp3) is 0.533. The summed E-state index contributed by atoms with van der Waals surface area (Å²) in [7, 11) is 1.45. The Morgan fingerprint density at radius 2 is 2.30 bits per heavy atom. The second-order valence-corrected chi connectivity index (χ2v) is 5.48. The highest BCUT2D eigenvalue weighted by Gasteiger charge is 2.27. The molecular formula is C15H21N3O5. The van der Waals surface area contributed by atoms with Crippen molar-refractivity contribution in [3.8, 4) is 5.75 Å². The van der Waals surface area contributed by atoms with E-state index in [0.717, 1.165) is 0 Å². The number of hydrogen-bond donors (Lipinski definition) is 1. The highest BCUT2D eigenvalue weighted by atomic mass is 16.6. The molecule has 0 bridgehead atoms. The minimum Gasteiger partial charge on any atom is -0.495 e. The van der Waals surface area contributed by atoms with Gasteiger partial charge < -0.3 is 14.8 Å². The number of hydrogen-bond acceptors (Lipinski definition) is 6. The highest BCUT2D eigenvalue weighted by Crippen LogP contribution is 2.29. The molecule has 1 saturated heterocycles. The summed E-state index contributed by atoms with van der Waals surface area (Å²) in [4.78, 5) is 24.8. The predicted octanol–water partition coefficient (Wildman–Crippen LogP) is 1.65. The van der Waals surface area contributed by atoms with Gasteiger partial charge in [0, 0.05) is 25.2 Å². The van der Waals surface area contributed by atoms with E-state index in [2.05, 4.69) is 5.32 Å². The number of ether oxygens (including phenoxy) is 2. The zero-order valence-corrected chi connectivity index (χ0v) is 13.4. The maximum Gasteiger partial charge on any atom is 0.271 e. The van der Waals surface area contributed by atoms with Gasteiger partial charge in [0.25, 0.3) is 5.69 Å². The number of nitrogens with one attached hydrogen (secondary N) is 1. The number of anilines is 1. The van der Waals surface area contributed by atoms with Gasteiger partial charge in [-0.3, -0.25) is 19.8 Å². The van der Waals surface area contributed by atoms with E-state index in [1.54, 1.807) is 6.92 Å². The Morgan fingerprint density at radius 3 is 2.91 bits per heavy atom. The van der Waals surface area contributed by atoms with Crippen molar-refractivity contribution in [3.05, 3.63) is 28.3 Å². The lowest BCUT2D eigenvalue weighted by Gasteiger charge is -2.34. The summed E-state index contributed by atoms with van der Waals surface area (Å²) in [5, 5.41) is 13.6. The predicted molar refractivity (Wildman–Crippen MR) is 84.7 cm³/mol. The molecule has 8 nitrogen and oxygen atoms in total. The van der Waals surface area contributed by atoms with E-state index in [9.17, 15) is 14.9 Å². The van der Waals surface area contributed by atoms with Crippen molar-refractivity contribution in [3.63, 3.8) is 0 Å². The monoisotopic (exact) mass is 323 g/mol. The number of nitro benzene ring substituents is 1. The normalized spacial score (nSPS) is 19.9. The lowest BCUT2D eigenvalue weighted by Crippen LogP contribution is -2.50. The molecule has 2 unspecified atom stereocenters. The van der Waals surface area contributed by atoms with Crippen LogP contribution in [0.15, 0.2) is 18.2 Å². The van der Waals surface area contributed by atoms with Gasteiger partial charge in [-0.05, 0) is 19.9 Å². The summed E-state index contributed by atoms with van der Waals surface area (Å²) in [6, 6.07) is 3.73. The average molecular weight is 323 g/mol. The van der Waals surface area contributed by atoms with Crippen LogP contribution in [0.2, 0.25) is 0 Å². The molecule has 1 aliphatic heterocycles. The first-order valence-electron chi connectivity index (χ1n) is 7.41. The lowest BCUT2D eigenvalue weighted by molar-refractivity contribution is -0.384. The number of amides is 1. The van der Waals surface area contributed by atoms with Gasteiger partial charge in [-0.15, -0.1) is 0 Å². The molecule has 0 radical (unpaired) electrons. The van der Waals surface area contributed by atoms with Crippen molar-refractivity contribution in [1.82, 2.24) is 4.90 Å². The number of nitrogens with zero attached hydrogens (tertiary/aromatic N) is 2. The molecule has 8 heteroatoms. The molecule has 1 aromatic carbocycles. The molecule has 0 aromatic heterocycles. The van der Waals surface area contributed by atoms with E-state index < -0.39 is 4.92 Å². The van der Waals surface area contributed by atoms with Crippen molar-refractivity contribution < 1.29 is 19.2 Å². The number of carbonyl (C=O) groups excluding carboxylic acids is 1. The lowest BCUT2D eigenvalue weighted by atomic mass is 10.2. The summed E-state index contributed by atoms with van der Waals surface area (Å²) >= 11 is 0. The summed E-state index contributed by atoms with van der Waals surface area (Å²) < 4.78 is 10.6. The van der Waals surface area contributed by atoms with Gasteiger partial charge in [-0.25, -0.2) is 0 Å². The van der Waals surface area contributed by atoms with Crippen LogP contribution in [0.25, 0.3) is 0 Å². The first-order chi connectivity index (χ1) is 10.9. The Bertz CT molecular complexity index is 592. The summed E-state index contributed by atoms with van der Waals surface area (Å²) in [5.41, 5.74) is 0.189. The maximum absolute atomic E-state index is 12.4. The molecule has 23 heavy (non-hydrogen) atoms. The van der Waals surface area contributed by atoms with Crippen LogP contribution in [0.4, 0.5) is 11.4 Å². The Hall–Kier alpha value is -2.19. The standard InChI is InChI=1S/C15H21N3O5/c1-10-9-17(6-7-23-10)11(2)15(19)16-13-8-12(18(20)21)4-5-14(13)22-3/h4-5,8,10-11H,6-7,9H2,1-3H3,(H,16,19). The number of nitro groups is 1. The fourth-order valence-corrected chi connectivity index (χ4v) is 2.51. The number of carbonyl (C=O) groups is 1. The van der Waals surface area contributed by atoms with Crippen LogP contribution in [-0.4, -0.2) is 54.7 Å². The third-order valence-corrected chi connectivity index (χ3v) is 3.85. The molecule has 0 spiro atoms. The topological polar surface area (TPSA) is 93.9 Å². The number of methoxy groups -OCH3 is 1. The Kier molecular flexibility index (Phi) is 5.51. The molecule has 0 saturated carbocycles. The van der Waals surface area contributed by atoms with Gasteiger partial charge in [0.15, 0.2) is 0 Å². The van der Waals surface area contributed by atoms with Crippen molar-refractivity contribution in [2.75, 3.05) is 32.1 Å². The quantitative estimate of drug-likeness (QED) is 0.654. The molecule has 1 aliphatic rings. The molecule has 1 fully saturated rings. The summed E-state index contributed by atoms with van der Waals surface area (Å²) in [6.45, 7) is 5.68. The minimum atomic E-state index is -0.512. The summed E-state index contributed by atoms with van der Waals surface area (Å²) in [6.07, 6.45) is 0.0753. The van der Waals surface area contributed by atoms with Crippen molar-refractivity contribution in [1.29, 1.82) is 0 Å². The van der Waals surface area contributed by atoms with Crippen LogP contribution in [0.5, 0.6) is 5.75 Å². The molecule has 2 rings (SSSR count). The van der Waals surface area contributed by atoms with E-state index in [1.165, 1.54) is 25.3 Å². The highest BCUT2D eigenvalue weighted by molar-refractivity contribution is 5.96. The van der Waals surface area contributed by atoms with Gasteiger partial charge in [0.05, 0.1) is 36.5 Å². The molecule has 126 valence electrons. The van der Waals surface area contributed by atoms with Crippen LogP contribution in [0, 0.1) is 10.1 Å². The van der Waals surface area contributed by atoms with Crippen molar-refractivity contribution in [2.45, 2.75) is 26.0 Å². The number of morpholine rings is 1. The first-order valence-corrected chi connectivity index (χ1v) is 7.41. The molecule has 0 aliphatic carbocycles. The van der Waals surface area contributed by atoms with Crippen LogP contribution in [0.1, 0.15) is 13.8 Å². The van der Waals surface area contributed by atoms with Gasteiger partial charge in [-0.2, -0.15) is 0 Å². The molecule has 1 heterocycles. The number of non-ortho nitro benzene ring substituents is 1. The van der Waals surface area contributed by atoms with Crippen molar-refractivity contribution >= 4 is 17.3 Å². The fourth-order valence-electron chi connectivity index (χ4n) is 2.51.